The van der Waals surface area contributed by atoms with Crippen molar-refractivity contribution in [3.8, 4) is 0 Å². The fraction of sp³-hybridized carbons (Fsp3) is 0.259. The van der Waals surface area contributed by atoms with E-state index in [2.05, 4.69) is 22.8 Å². The quantitative estimate of drug-likeness (QED) is 0.404. The van der Waals surface area contributed by atoms with E-state index in [-0.39, 0.29) is 18.4 Å². The Labute approximate surface area is 197 Å². The molecular weight excluding hydrogens is 430 g/mol. The van der Waals surface area contributed by atoms with Crippen LogP contribution in [0.3, 0.4) is 0 Å². The number of nitrogens with one attached hydrogen (secondary N) is 2. The largest absolute Gasteiger partial charge is 0.348 e. The number of hydrogen-bond donors (Lipinski definition) is 2. The van der Waals surface area contributed by atoms with E-state index in [0.29, 0.717) is 17.1 Å². The van der Waals surface area contributed by atoms with Crippen molar-refractivity contribution in [2.24, 2.45) is 0 Å². The van der Waals surface area contributed by atoms with Crippen LogP contribution < -0.4 is 10.6 Å². The number of anilines is 1. The van der Waals surface area contributed by atoms with Gasteiger partial charge >= 0.3 is 0 Å². The molecule has 2 amide bonds. The van der Waals surface area contributed by atoms with Crippen LogP contribution in [0.1, 0.15) is 44.9 Å². The first kappa shape index (κ1) is 21.5. The molecule has 0 saturated heterocycles. The van der Waals surface area contributed by atoms with Gasteiger partial charge in [-0.3, -0.25) is 9.59 Å². The zero-order valence-corrected chi connectivity index (χ0v) is 19.5. The Morgan fingerprint density at radius 1 is 1.00 bits per heavy atom. The summed E-state index contributed by atoms with van der Waals surface area (Å²) in [5, 5.41) is 7.92. The number of aryl methyl sites for hydroxylation is 2. The van der Waals surface area contributed by atoms with Crippen LogP contribution in [0.4, 0.5) is 5.00 Å². The van der Waals surface area contributed by atoms with Gasteiger partial charge in [-0.25, -0.2) is 0 Å². The second-order valence-electron chi connectivity index (χ2n) is 8.56. The molecule has 0 aliphatic heterocycles. The van der Waals surface area contributed by atoms with E-state index >= 15 is 0 Å². The number of aromatic nitrogens is 1. The molecular formula is C27H27N3O2S. The van der Waals surface area contributed by atoms with Crippen molar-refractivity contribution in [2.45, 2.75) is 45.7 Å². The minimum atomic E-state index is -0.116. The number of carbonyl (C=O) groups is 2. The lowest BCUT2D eigenvalue weighted by Gasteiger charge is -2.14. The summed E-state index contributed by atoms with van der Waals surface area (Å²) in [7, 11) is 0. The summed E-state index contributed by atoms with van der Waals surface area (Å²) in [5.74, 6) is -0.230. The average molecular weight is 458 g/mol. The molecule has 0 saturated carbocycles. The SMILES string of the molecule is Cc1cc2ccccc2n1CC(=O)Nc1sc2c(c1C(=O)NCc1ccccc1)CCCC2. The highest BCUT2D eigenvalue weighted by molar-refractivity contribution is 7.17. The molecule has 168 valence electrons. The van der Waals surface area contributed by atoms with Gasteiger partial charge in [0.05, 0.1) is 5.56 Å². The summed E-state index contributed by atoms with van der Waals surface area (Å²) in [6.45, 7) is 2.69. The third-order valence-electron chi connectivity index (χ3n) is 6.27. The highest BCUT2D eigenvalue weighted by atomic mass is 32.1. The van der Waals surface area contributed by atoms with Crippen molar-refractivity contribution in [3.63, 3.8) is 0 Å². The Balaban J connectivity index is 1.38. The zero-order valence-electron chi connectivity index (χ0n) is 18.7. The molecule has 2 N–H and O–H groups in total. The van der Waals surface area contributed by atoms with Crippen LogP contribution in [0, 0.1) is 6.92 Å². The lowest BCUT2D eigenvalue weighted by Crippen LogP contribution is -2.26. The Morgan fingerprint density at radius 2 is 1.76 bits per heavy atom. The van der Waals surface area contributed by atoms with E-state index in [9.17, 15) is 9.59 Å². The third-order valence-corrected chi connectivity index (χ3v) is 7.47. The molecule has 0 atom stereocenters. The molecule has 0 spiro atoms. The second-order valence-corrected chi connectivity index (χ2v) is 9.67. The van der Waals surface area contributed by atoms with Gasteiger partial charge in [0.15, 0.2) is 0 Å². The number of amides is 2. The maximum Gasteiger partial charge on any atom is 0.254 e. The number of nitrogens with zero attached hydrogens (tertiary/aromatic N) is 1. The van der Waals surface area contributed by atoms with Crippen molar-refractivity contribution in [2.75, 3.05) is 5.32 Å². The van der Waals surface area contributed by atoms with Gasteiger partial charge in [0.25, 0.3) is 5.91 Å². The molecule has 4 aromatic rings. The summed E-state index contributed by atoms with van der Waals surface area (Å²) >= 11 is 1.56. The van der Waals surface area contributed by atoms with Crippen molar-refractivity contribution in [3.05, 3.63) is 87.9 Å². The van der Waals surface area contributed by atoms with Gasteiger partial charge in [0, 0.05) is 22.6 Å². The summed E-state index contributed by atoms with van der Waals surface area (Å²) in [6.07, 6.45) is 4.05. The monoisotopic (exact) mass is 457 g/mol. The number of thiophene rings is 1. The first-order chi connectivity index (χ1) is 16.1. The minimum absolute atomic E-state index is 0.115. The number of para-hydroxylation sites is 1. The van der Waals surface area contributed by atoms with E-state index in [1.807, 2.05) is 60.0 Å². The molecule has 33 heavy (non-hydrogen) atoms. The number of benzene rings is 2. The number of fused-ring (bicyclic) bond motifs is 2. The van der Waals surface area contributed by atoms with Gasteiger partial charge in [0.2, 0.25) is 5.91 Å². The summed E-state index contributed by atoms with van der Waals surface area (Å²) in [6, 6.07) is 20.0. The molecule has 0 unspecified atom stereocenters. The molecule has 0 radical (unpaired) electrons. The Kier molecular flexibility index (Phi) is 6.01. The smallest absolute Gasteiger partial charge is 0.254 e. The zero-order chi connectivity index (χ0) is 22.8. The highest BCUT2D eigenvalue weighted by Crippen LogP contribution is 2.38. The van der Waals surface area contributed by atoms with Crippen LogP contribution in [0.2, 0.25) is 0 Å². The summed E-state index contributed by atoms with van der Waals surface area (Å²) in [4.78, 5) is 27.6. The molecule has 5 rings (SSSR count). The fourth-order valence-corrected chi connectivity index (χ4v) is 5.93. The van der Waals surface area contributed by atoms with E-state index in [1.54, 1.807) is 11.3 Å². The standard InChI is InChI=1S/C27H27N3O2S/c1-18-15-20-11-5-7-13-22(20)30(18)17-24(31)29-27-25(21-12-6-8-14-23(21)33-27)26(32)28-16-19-9-3-2-4-10-19/h2-5,7,9-11,13,15H,6,8,12,14,16-17H2,1H3,(H,28,32)(H,29,31). The van der Waals surface area contributed by atoms with Gasteiger partial charge in [-0.15, -0.1) is 11.3 Å². The third kappa shape index (κ3) is 4.44. The molecule has 1 aliphatic carbocycles. The van der Waals surface area contributed by atoms with Crippen LogP contribution in [0.25, 0.3) is 10.9 Å². The van der Waals surface area contributed by atoms with Gasteiger partial charge in [-0.05, 0) is 61.3 Å². The normalized spacial score (nSPS) is 13.0. The number of hydrogen-bond acceptors (Lipinski definition) is 3. The van der Waals surface area contributed by atoms with Crippen LogP contribution in [-0.2, 0) is 30.7 Å². The van der Waals surface area contributed by atoms with Gasteiger partial charge in [-0.2, -0.15) is 0 Å². The fourth-order valence-electron chi connectivity index (χ4n) is 4.63. The van der Waals surface area contributed by atoms with Crippen molar-refractivity contribution < 1.29 is 9.59 Å². The molecule has 2 heterocycles. The molecule has 2 aromatic carbocycles. The van der Waals surface area contributed by atoms with E-state index in [4.69, 9.17) is 0 Å². The molecule has 0 fully saturated rings. The van der Waals surface area contributed by atoms with Gasteiger partial charge < -0.3 is 15.2 Å². The maximum absolute atomic E-state index is 13.2. The minimum Gasteiger partial charge on any atom is -0.348 e. The highest BCUT2D eigenvalue weighted by Gasteiger charge is 2.26. The molecule has 2 aromatic heterocycles. The van der Waals surface area contributed by atoms with Crippen LogP contribution in [0.15, 0.2) is 60.7 Å². The van der Waals surface area contributed by atoms with Crippen LogP contribution in [-0.4, -0.2) is 16.4 Å². The van der Waals surface area contributed by atoms with Gasteiger partial charge in [-0.1, -0.05) is 48.5 Å². The lowest BCUT2D eigenvalue weighted by atomic mass is 9.95. The first-order valence-corrected chi connectivity index (χ1v) is 12.2. The molecule has 6 heteroatoms. The van der Waals surface area contributed by atoms with E-state index in [0.717, 1.165) is 53.4 Å². The summed E-state index contributed by atoms with van der Waals surface area (Å²) < 4.78 is 2.02. The van der Waals surface area contributed by atoms with Crippen molar-refractivity contribution >= 4 is 39.1 Å². The van der Waals surface area contributed by atoms with Crippen LogP contribution in [0.5, 0.6) is 0 Å². The lowest BCUT2D eigenvalue weighted by molar-refractivity contribution is -0.116. The predicted octanol–water partition coefficient (Wildman–Crippen LogP) is 5.46. The van der Waals surface area contributed by atoms with E-state index < -0.39 is 0 Å². The van der Waals surface area contributed by atoms with Crippen LogP contribution >= 0.6 is 11.3 Å². The summed E-state index contributed by atoms with van der Waals surface area (Å²) in [5.41, 5.74) is 4.88. The number of rotatable bonds is 6. The molecule has 0 bridgehead atoms. The van der Waals surface area contributed by atoms with Crippen molar-refractivity contribution in [1.82, 2.24) is 9.88 Å². The Hall–Kier alpha value is -3.38. The van der Waals surface area contributed by atoms with E-state index in [1.165, 1.54) is 4.88 Å². The Bertz CT molecular complexity index is 1320. The van der Waals surface area contributed by atoms with Gasteiger partial charge in [0.1, 0.15) is 11.5 Å². The maximum atomic E-state index is 13.2. The second kappa shape index (κ2) is 9.24. The Morgan fingerprint density at radius 3 is 2.61 bits per heavy atom. The predicted molar refractivity (Wildman–Crippen MR) is 134 cm³/mol. The molecule has 5 nitrogen and oxygen atoms in total. The molecule has 1 aliphatic rings. The average Bonchev–Trinajstić information content (AvgIpc) is 3.35. The van der Waals surface area contributed by atoms with Crippen molar-refractivity contribution in [1.29, 1.82) is 0 Å². The number of carbonyl (C=O) groups excluding carboxylic acids is 2. The first-order valence-electron chi connectivity index (χ1n) is 11.4. The topological polar surface area (TPSA) is 63.1 Å².